The van der Waals surface area contributed by atoms with Gasteiger partial charge in [0.2, 0.25) is 0 Å². The third-order valence-corrected chi connectivity index (χ3v) is 0. The molecule has 3 nitrogen and oxygen atoms in total. The minimum absolute atomic E-state index is 0. The van der Waals surface area contributed by atoms with E-state index in [0.717, 1.165) is 0 Å². The summed E-state index contributed by atoms with van der Waals surface area (Å²) in [5, 5.41) is 0. The van der Waals surface area contributed by atoms with E-state index in [1.54, 1.807) is 0 Å². The third-order valence-electron chi connectivity index (χ3n) is 0. The van der Waals surface area contributed by atoms with Crippen LogP contribution in [-0.4, -0.2) is 16.2 Å². The first-order valence-corrected chi connectivity index (χ1v) is 2.39. The average Bonchev–Trinajstić information content (AvgIpc) is 1.46. The Kier molecular flexibility index (Phi) is 86.3. The van der Waals surface area contributed by atoms with E-state index in [4.69, 9.17) is 10.5 Å². The molecule has 0 fully saturated rings. The Morgan fingerprint density at radius 3 is 1.17 bits per heavy atom. The van der Waals surface area contributed by atoms with Crippen molar-refractivity contribution in [2.45, 2.75) is 0 Å². The second-order valence-corrected chi connectivity index (χ2v) is 0.344. The van der Waals surface area contributed by atoms with Crippen LogP contribution in [0, 0.1) is 0 Å². The SMILES string of the molecule is [Mo].[O]=[Al].[O]=[Ti]=[O]. The summed E-state index contributed by atoms with van der Waals surface area (Å²) in [4.78, 5) is 0. The molecular weight excluding hydrogens is 219 g/mol. The van der Waals surface area contributed by atoms with Gasteiger partial charge < -0.3 is 0 Å². The standard InChI is InChI=1S/Al.Mo.3O.Ti. The first kappa shape index (κ1) is 15.7. The normalized spacial score (nSPS) is 1.83. The first-order chi connectivity index (χ1) is 2.41. The molecule has 0 aromatic rings. The summed E-state index contributed by atoms with van der Waals surface area (Å²) in [6.45, 7) is 0. The summed E-state index contributed by atoms with van der Waals surface area (Å²) in [5.74, 6) is 0. The van der Waals surface area contributed by atoms with Crippen LogP contribution >= 0.6 is 0 Å². The molecule has 0 unspecified atom stereocenters. The van der Waals surface area contributed by atoms with Gasteiger partial charge in [-0.05, 0) is 0 Å². The van der Waals surface area contributed by atoms with Crippen molar-refractivity contribution in [2.24, 2.45) is 0 Å². The van der Waals surface area contributed by atoms with Gasteiger partial charge in [-0.3, -0.25) is 0 Å². The Morgan fingerprint density at radius 2 is 1.17 bits per heavy atom. The van der Waals surface area contributed by atoms with Gasteiger partial charge in [-0.2, -0.15) is 0 Å². The van der Waals surface area contributed by atoms with Gasteiger partial charge in [0, 0.05) is 21.1 Å². The fourth-order valence-electron chi connectivity index (χ4n) is 0. The van der Waals surface area contributed by atoms with E-state index in [-0.39, 0.29) is 21.1 Å². The molecule has 6 heavy (non-hydrogen) atoms. The van der Waals surface area contributed by atoms with Crippen molar-refractivity contribution in [3.63, 3.8) is 0 Å². The van der Waals surface area contributed by atoms with Gasteiger partial charge in [-0.25, -0.2) is 0 Å². The second kappa shape index (κ2) is 33.1. The summed E-state index contributed by atoms with van der Waals surface area (Å²) in [7, 11) is 0. The molecule has 31 valence electrons. The molecule has 0 aliphatic carbocycles. The zero-order chi connectivity index (χ0) is 4.71. The van der Waals surface area contributed by atoms with Crippen LogP contribution in [0.1, 0.15) is 0 Å². The zero-order valence-corrected chi connectivity index (χ0v) is 7.43. The summed E-state index contributed by atoms with van der Waals surface area (Å²) < 4.78 is 25.2. The van der Waals surface area contributed by atoms with Crippen molar-refractivity contribution in [1.29, 1.82) is 0 Å². The Bertz CT molecular complexity index is 40.1. The molecule has 0 aromatic carbocycles. The van der Waals surface area contributed by atoms with Gasteiger partial charge in [0.25, 0.3) is 0 Å². The maximum absolute atomic E-state index is 8.50. The predicted octanol–water partition coefficient (Wildman–Crippen LogP) is -0.742. The summed E-state index contributed by atoms with van der Waals surface area (Å²) >= 11 is -0.833. The van der Waals surface area contributed by atoms with Gasteiger partial charge in [0.15, 0.2) is 0 Å². The van der Waals surface area contributed by atoms with Crippen LogP contribution in [0.2, 0.25) is 0 Å². The molecule has 0 spiro atoms. The van der Waals surface area contributed by atoms with Crippen LogP contribution in [0.15, 0.2) is 0 Å². The van der Waals surface area contributed by atoms with Gasteiger partial charge in [0.05, 0.1) is 0 Å². The fourth-order valence-corrected chi connectivity index (χ4v) is 0. The van der Waals surface area contributed by atoms with E-state index in [9.17, 15) is 0 Å². The Balaban J connectivity index is -0.0000000275. The van der Waals surface area contributed by atoms with E-state index >= 15 is 0 Å². The number of hydrogen-bond acceptors (Lipinski definition) is 3. The van der Waals surface area contributed by atoms with Gasteiger partial charge >= 0.3 is 45.8 Å². The van der Waals surface area contributed by atoms with Crippen LogP contribution < -0.4 is 0 Å². The van der Waals surface area contributed by atoms with E-state index in [1.807, 2.05) is 0 Å². The monoisotopic (exact) mass is 221 g/mol. The Hall–Kier alpha value is 1.34. The van der Waals surface area contributed by atoms with Crippen molar-refractivity contribution < 1.29 is 50.6 Å². The molecule has 1 radical (unpaired) electrons. The van der Waals surface area contributed by atoms with Gasteiger partial charge in [-0.15, -0.1) is 0 Å². The van der Waals surface area contributed by atoms with E-state index in [0.29, 0.717) is 0 Å². The Labute approximate surface area is 66.3 Å². The molecule has 0 rings (SSSR count). The van der Waals surface area contributed by atoms with Crippen molar-refractivity contribution in [2.75, 3.05) is 0 Å². The van der Waals surface area contributed by atoms with Gasteiger partial charge in [-0.1, -0.05) is 0 Å². The van der Waals surface area contributed by atoms with Crippen molar-refractivity contribution in [3.05, 3.63) is 0 Å². The Morgan fingerprint density at radius 1 is 1.17 bits per heavy atom. The predicted molar refractivity (Wildman–Crippen MR) is 7.81 cm³/mol. The molecular formula is AlMoO3Ti. The molecule has 0 aliphatic heterocycles. The van der Waals surface area contributed by atoms with E-state index < -0.39 is 19.1 Å². The molecule has 0 aliphatic rings. The van der Waals surface area contributed by atoms with E-state index in [2.05, 4.69) is 0 Å². The van der Waals surface area contributed by atoms with Crippen LogP contribution in [0.5, 0.6) is 0 Å². The van der Waals surface area contributed by atoms with Crippen LogP contribution in [0.4, 0.5) is 0 Å². The average molecular weight is 219 g/mol. The first-order valence-electron chi connectivity index (χ1n) is 0.644. The second-order valence-electron chi connectivity index (χ2n) is 0.0833. The summed E-state index contributed by atoms with van der Waals surface area (Å²) in [6.07, 6.45) is 0. The molecule has 0 bridgehead atoms. The fraction of sp³-hybridized carbons (Fsp3) is 0. The molecule has 0 atom stereocenters. The van der Waals surface area contributed by atoms with E-state index in [1.165, 1.54) is 16.2 Å². The van der Waals surface area contributed by atoms with Crippen molar-refractivity contribution in [3.8, 4) is 0 Å². The van der Waals surface area contributed by atoms with Gasteiger partial charge in [0.1, 0.15) is 0 Å². The van der Waals surface area contributed by atoms with Crippen LogP contribution in [0.25, 0.3) is 0 Å². The summed E-state index contributed by atoms with van der Waals surface area (Å²) in [6, 6.07) is 0. The molecule has 0 saturated carbocycles. The molecule has 6 heteroatoms. The maximum atomic E-state index is 8.50. The molecule has 0 saturated heterocycles. The number of rotatable bonds is 0. The number of hydrogen-bond donors (Lipinski definition) is 0. The topological polar surface area (TPSA) is 51.2 Å². The van der Waals surface area contributed by atoms with Crippen LogP contribution in [0.3, 0.4) is 0 Å². The third kappa shape index (κ3) is 56.3. The molecule has 0 aromatic heterocycles. The van der Waals surface area contributed by atoms with Crippen LogP contribution in [-0.2, 0) is 50.6 Å². The molecule has 0 N–H and O–H groups in total. The molecule has 0 amide bonds. The zero-order valence-electron chi connectivity index (χ0n) is 2.71. The quantitative estimate of drug-likeness (QED) is 0.504. The van der Waals surface area contributed by atoms with Crippen molar-refractivity contribution >= 4 is 16.2 Å². The summed E-state index contributed by atoms with van der Waals surface area (Å²) in [5.41, 5.74) is 0. The van der Waals surface area contributed by atoms with Crippen molar-refractivity contribution in [1.82, 2.24) is 0 Å². The molecule has 0 heterocycles. The minimum atomic E-state index is -2.00.